The first-order valence-corrected chi connectivity index (χ1v) is 10.5. The van der Waals surface area contributed by atoms with E-state index in [0.29, 0.717) is 43.3 Å². The molecular formula is C17H25N3O4S. The van der Waals surface area contributed by atoms with Gasteiger partial charge in [-0.3, -0.25) is 4.79 Å². The predicted octanol–water partition coefficient (Wildman–Crippen LogP) is 1.41. The van der Waals surface area contributed by atoms with Gasteiger partial charge in [-0.2, -0.15) is 0 Å². The van der Waals surface area contributed by atoms with Crippen LogP contribution in [0.2, 0.25) is 0 Å². The summed E-state index contributed by atoms with van der Waals surface area (Å²) < 4.78 is 31.5. The second-order valence-corrected chi connectivity index (χ2v) is 8.93. The lowest BCUT2D eigenvalue weighted by atomic mass is 9.83. The number of nitrogens with one attached hydrogen (secondary N) is 1. The zero-order chi connectivity index (χ0) is 18.1. The van der Waals surface area contributed by atoms with E-state index in [1.54, 1.807) is 17.0 Å². The van der Waals surface area contributed by atoms with E-state index in [9.17, 15) is 13.2 Å². The Kier molecular flexibility index (Phi) is 5.02. The average Bonchev–Trinajstić information content (AvgIpc) is 3.37. The number of amides is 1. The van der Waals surface area contributed by atoms with E-state index in [4.69, 9.17) is 4.74 Å². The van der Waals surface area contributed by atoms with Gasteiger partial charge in [0.15, 0.2) is 0 Å². The molecule has 2 fully saturated rings. The average molecular weight is 367 g/mol. The van der Waals surface area contributed by atoms with Gasteiger partial charge in [-0.05, 0) is 31.2 Å². The molecule has 1 aliphatic heterocycles. The summed E-state index contributed by atoms with van der Waals surface area (Å²) in [7, 11) is -1.74. The number of hydrogen-bond acceptors (Lipinski definition) is 5. The fourth-order valence-corrected chi connectivity index (χ4v) is 4.64. The lowest BCUT2D eigenvalue weighted by Gasteiger charge is -2.42. The van der Waals surface area contributed by atoms with Crippen LogP contribution >= 0.6 is 0 Å². The van der Waals surface area contributed by atoms with Crippen molar-refractivity contribution < 1.29 is 17.9 Å². The van der Waals surface area contributed by atoms with E-state index in [2.05, 4.69) is 9.71 Å². The number of rotatable bonds is 6. The Balaban J connectivity index is 1.66. The molecular weight excluding hydrogens is 342 g/mol. The van der Waals surface area contributed by atoms with Gasteiger partial charge in [0.05, 0.1) is 18.9 Å². The largest absolute Gasteiger partial charge is 0.481 e. The van der Waals surface area contributed by atoms with E-state index in [1.807, 2.05) is 0 Å². The van der Waals surface area contributed by atoms with Crippen molar-refractivity contribution in [3.63, 3.8) is 0 Å². The second-order valence-electron chi connectivity index (χ2n) is 7.18. The van der Waals surface area contributed by atoms with Gasteiger partial charge in [-0.1, -0.05) is 12.8 Å². The molecule has 8 heteroatoms. The minimum Gasteiger partial charge on any atom is -0.481 e. The van der Waals surface area contributed by atoms with Gasteiger partial charge in [0.2, 0.25) is 15.9 Å². The molecule has 1 N–H and O–H groups in total. The fourth-order valence-electron chi connectivity index (χ4n) is 3.56. The number of pyridine rings is 1. The molecule has 2 aliphatic rings. The molecule has 1 amide bonds. The molecule has 25 heavy (non-hydrogen) atoms. The van der Waals surface area contributed by atoms with Crippen molar-refractivity contribution in [1.82, 2.24) is 14.6 Å². The van der Waals surface area contributed by atoms with Crippen molar-refractivity contribution in [3.8, 4) is 5.88 Å². The molecule has 3 rings (SSSR count). The van der Waals surface area contributed by atoms with Gasteiger partial charge in [-0.15, -0.1) is 0 Å². The molecule has 0 bridgehead atoms. The smallest absolute Gasteiger partial charge is 0.255 e. The van der Waals surface area contributed by atoms with Crippen LogP contribution in [0.3, 0.4) is 0 Å². The summed E-state index contributed by atoms with van der Waals surface area (Å²) in [6.45, 7) is 1.08. The van der Waals surface area contributed by atoms with Crippen LogP contribution in [0, 0.1) is 5.92 Å². The lowest BCUT2D eigenvalue weighted by Crippen LogP contribution is -2.56. The van der Waals surface area contributed by atoms with E-state index >= 15 is 0 Å². The standard InChI is InChI=1S/C17H25N3O4S/c1-24-15-6-5-14(12-18-15)16(21)20-9-7-17(8-10-20,11-13-3-4-13)19-25(2,22)23/h5-6,12-13,19H,3-4,7-11H2,1-2H3. The van der Waals surface area contributed by atoms with Crippen molar-refractivity contribution in [1.29, 1.82) is 0 Å². The lowest BCUT2D eigenvalue weighted by molar-refractivity contribution is 0.0648. The molecule has 0 spiro atoms. The third-order valence-electron chi connectivity index (χ3n) is 4.98. The van der Waals surface area contributed by atoms with Crippen LogP contribution in [0.15, 0.2) is 18.3 Å². The topological polar surface area (TPSA) is 88.6 Å². The minimum atomic E-state index is -3.27. The van der Waals surface area contributed by atoms with Gasteiger partial charge in [0.25, 0.3) is 5.91 Å². The normalized spacial score (nSPS) is 20.3. The molecule has 1 aromatic rings. The molecule has 2 heterocycles. The molecule has 7 nitrogen and oxygen atoms in total. The first-order chi connectivity index (χ1) is 11.8. The molecule has 0 aromatic carbocycles. The Morgan fingerprint density at radius 1 is 1.36 bits per heavy atom. The number of ether oxygens (including phenoxy) is 1. The van der Waals surface area contributed by atoms with Crippen molar-refractivity contribution >= 4 is 15.9 Å². The summed E-state index contributed by atoms with van der Waals surface area (Å²) in [4.78, 5) is 18.5. The molecule has 1 aromatic heterocycles. The van der Waals surface area contributed by atoms with Crippen LogP contribution in [0.25, 0.3) is 0 Å². The van der Waals surface area contributed by atoms with E-state index in [0.717, 1.165) is 6.42 Å². The third kappa shape index (κ3) is 4.70. The summed E-state index contributed by atoms with van der Waals surface area (Å²) in [5, 5.41) is 0. The highest BCUT2D eigenvalue weighted by Crippen LogP contribution is 2.41. The van der Waals surface area contributed by atoms with Crippen molar-refractivity contribution in [2.75, 3.05) is 26.5 Å². The third-order valence-corrected chi connectivity index (χ3v) is 5.78. The summed E-state index contributed by atoms with van der Waals surface area (Å²) in [5.41, 5.74) is 0.107. The summed E-state index contributed by atoms with van der Waals surface area (Å²) in [6.07, 6.45) is 7.23. The van der Waals surface area contributed by atoms with Crippen LogP contribution in [-0.2, 0) is 10.0 Å². The maximum Gasteiger partial charge on any atom is 0.255 e. The first-order valence-electron chi connectivity index (χ1n) is 8.58. The maximum absolute atomic E-state index is 12.6. The number of sulfonamides is 1. The highest BCUT2D eigenvalue weighted by atomic mass is 32.2. The van der Waals surface area contributed by atoms with Crippen LogP contribution in [0.1, 0.15) is 42.5 Å². The molecule has 0 unspecified atom stereocenters. The van der Waals surface area contributed by atoms with Gasteiger partial charge < -0.3 is 9.64 Å². The van der Waals surface area contributed by atoms with Crippen molar-refractivity contribution in [2.45, 2.75) is 37.6 Å². The Bertz CT molecular complexity index is 721. The Morgan fingerprint density at radius 3 is 2.52 bits per heavy atom. The number of carbonyl (C=O) groups is 1. The number of piperidine rings is 1. The van der Waals surface area contributed by atoms with E-state index < -0.39 is 15.6 Å². The second kappa shape index (κ2) is 6.92. The summed E-state index contributed by atoms with van der Waals surface area (Å²) in [5.74, 6) is 1.01. The number of nitrogens with zero attached hydrogens (tertiary/aromatic N) is 2. The number of likely N-dealkylation sites (tertiary alicyclic amines) is 1. The van der Waals surface area contributed by atoms with E-state index in [-0.39, 0.29) is 5.91 Å². The Hall–Kier alpha value is -1.67. The highest BCUT2D eigenvalue weighted by molar-refractivity contribution is 7.88. The van der Waals surface area contributed by atoms with Crippen LogP contribution in [0.4, 0.5) is 0 Å². The number of carbonyl (C=O) groups excluding carboxylic acids is 1. The summed E-state index contributed by atoms with van der Waals surface area (Å²) in [6, 6.07) is 3.37. The van der Waals surface area contributed by atoms with Crippen LogP contribution in [-0.4, -0.2) is 56.2 Å². The first kappa shape index (κ1) is 18.1. The zero-order valence-electron chi connectivity index (χ0n) is 14.7. The van der Waals surface area contributed by atoms with Crippen molar-refractivity contribution in [3.05, 3.63) is 23.9 Å². The molecule has 138 valence electrons. The number of methoxy groups -OCH3 is 1. The molecule has 0 atom stereocenters. The van der Waals surface area contributed by atoms with Gasteiger partial charge in [0.1, 0.15) is 0 Å². The summed E-state index contributed by atoms with van der Waals surface area (Å²) >= 11 is 0. The number of aromatic nitrogens is 1. The van der Waals surface area contributed by atoms with Crippen LogP contribution < -0.4 is 9.46 Å². The molecule has 0 radical (unpaired) electrons. The van der Waals surface area contributed by atoms with Gasteiger partial charge in [0, 0.05) is 30.9 Å². The van der Waals surface area contributed by atoms with Crippen LogP contribution in [0.5, 0.6) is 5.88 Å². The number of hydrogen-bond donors (Lipinski definition) is 1. The fraction of sp³-hybridized carbons (Fsp3) is 0.647. The quantitative estimate of drug-likeness (QED) is 0.821. The molecule has 1 aliphatic carbocycles. The Morgan fingerprint density at radius 2 is 2.04 bits per heavy atom. The highest BCUT2D eigenvalue weighted by Gasteiger charge is 2.42. The zero-order valence-corrected chi connectivity index (χ0v) is 15.5. The van der Waals surface area contributed by atoms with E-state index in [1.165, 1.54) is 32.4 Å². The Labute approximate surface area is 148 Å². The monoisotopic (exact) mass is 367 g/mol. The van der Waals surface area contributed by atoms with Crippen molar-refractivity contribution in [2.24, 2.45) is 5.92 Å². The predicted molar refractivity (Wildman–Crippen MR) is 94.0 cm³/mol. The molecule has 1 saturated carbocycles. The maximum atomic E-state index is 12.6. The molecule has 1 saturated heterocycles. The van der Waals surface area contributed by atoms with Gasteiger partial charge >= 0.3 is 0 Å². The minimum absolute atomic E-state index is 0.0745. The van der Waals surface area contributed by atoms with Gasteiger partial charge in [-0.25, -0.2) is 18.1 Å². The SMILES string of the molecule is COc1ccc(C(=O)N2CCC(CC3CC3)(NS(C)(=O)=O)CC2)cn1.